The van der Waals surface area contributed by atoms with Crippen molar-refractivity contribution < 1.29 is 8.78 Å². The van der Waals surface area contributed by atoms with Crippen molar-refractivity contribution in [3.05, 3.63) is 82.9 Å². The Kier molecular flexibility index (Phi) is 3.70. The summed E-state index contributed by atoms with van der Waals surface area (Å²) >= 11 is 0. The lowest BCUT2D eigenvalue weighted by Crippen LogP contribution is -1.98. The molecule has 1 aliphatic rings. The van der Waals surface area contributed by atoms with Crippen molar-refractivity contribution in [2.24, 2.45) is 0 Å². The molecule has 0 spiro atoms. The lowest BCUT2D eigenvalue weighted by Gasteiger charge is -2.16. The van der Waals surface area contributed by atoms with Crippen molar-refractivity contribution in [2.45, 2.75) is 19.8 Å². The summed E-state index contributed by atoms with van der Waals surface area (Å²) in [6.45, 7) is 2.06. The highest BCUT2D eigenvalue weighted by Gasteiger charge is 2.15. The Bertz CT molecular complexity index is 722. The van der Waals surface area contributed by atoms with Crippen LogP contribution in [0.1, 0.15) is 29.5 Å². The topological polar surface area (TPSA) is 0 Å². The minimum absolute atomic E-state index is 0.370. The first-order valence-corrected chi connectivity index (χ1v) is 7.06. The molecule has 0 radical (unpaired) electrons. The Morgan fingerprint density at radius 3 is 2.14 bits per heavy atom. The monoisotopic (exact) mass is 282 g/mol. The summed E-state index contributed by atoms with van der Waals surface area (Å²) in [6, 6.07) is 12.7. The standard InChI is InChI=1S/C19H16F2/c1-13-5-7-14(8-6-13)15-9-11-16(12-10-15)17-3-2-4-18(20)19(17)21/h2-9,11H,10,12H2,1H3. The van der Waals surface area contributed by atoms with Crippen LogP contribution in [0.4, 0.5) is 8.78 Å². The fourth-order valence-corrected chi connectivity index (χ4v) is 2.62. The molecule has 2 aromatic rings. The first-order chi connectivity index (χ1) is 10.1. The van der Waals surface area contributed by atoms with Gasteiger partial charge in [-0.3, -0.25) is 0 Å². The lowest BCUT2D eigenvalue weighted by molar-refractivity contribution is 0.506. The van der Waals surface area contributed by atoms with Crippen LogP contribution in [0.5, 0.6) is 0 Å². The van der Waals surface area contributed by atoms with Crippen LogP contribution < -0.4 is 0 Å². The molecule has 0 heterocycles. The molecule has 0 N–H and O–H groups in total. The Morgan fingerprint density at radius 2 is 1.48 bits per heavy atom. The van der Waals surface area contributed by atoms with E-state index in [0.717, 1.165) is 24.5 Å². The van der Waals surface area contributed by atoms with E-state index in [1.54, 1.807) is 12.1 Å². The second-order valence-electron chi connectivity index (χ2n) is 5.35. The van der Waals surface area contributed by atoms with Gasteiger partial charge < -0.3 is 0 Å². The van der Waals surface area contributed by atoms with Crippen molar-refractivity contribution in [3.8, 4) is 0 Å². The van der Waals surface area contributed by atoms with E-state index in [1.807, 2.05) is 12.2 Å². The average Bonchev–Trinajstić information content (AvgIpc) is 2.51. The quantitative estimate of drug-likeness (QED) is 0.679. The third kappa shape index (κ3) is 2.80. The largest absolute Gasteiger partial charge is 0.204 e. The molecule has 0 fully saturated rings. The maximum atomic E-state index is 13.8. The molecule has 0 aromatic heterocycles. The van der Waals surface area contributed by atoms with Crippen LogP contribution in [0.15, 0.2) is 54.6 Å². The highest BCUT2D eigenvalue weighted by atomic mass is 19.2. The fraction of sp³-hybridized carbons (Fsp3) is 0.158. The highest BCUT2D eigenvalue weighted by molar-refractivity contribution is 5.78. The van der Waals surface area contributed by atoms with Crippen molar-refractivity contribution >= 4 is 11.1 Å². The third-order valence-electron chi connectivity index (χ3n) is 3.87. The Labute approximate surface area is 123 Å². The van der Waals surface area contributed by atoms with Crippen LogP contribution in [0.3, 0.4) is 0 Å². The number of rotatable bonds is 2. The Hall–Kier alpha value is -2.22. The number of hydrogen-bond acceptors (Lipinski definition) is 0. The van der Waals surface area contributed by atoms with Crippen molar-refractivity contribution in [2.75, 3.05) is 0 Å². The van der Waals surface area contributed by atoms with Crippen LogP contribution in [-0.2, 0) is 0 Å². The molecule has 106 valence electrons. The fourth-order valence-electron chi connectivity index (χ4n) is 2.62. The first-order valence-electron chi connectivity index (χ1n) is 7.06. The van der Waals surface area contributed by atoms with E-state index in [-0.39, 0.29) is 0 Å². The van der Waals surface area contributed by atoms with Gasteiger partial charge in [-0.05, 0) is 42.5 Å². The summed E-state index contributed by atoms with van der Waals surface area (Å²) in [5.41, 5.74) is 4.87. The molecule has 0 aliphatic heterocycles. The molecule has 1 aliphatic carbocycles. The normalized spacial score (nSPS) is 14.6. The highest BCUT2D eigenvalue weighted by Crippen LogP contribution is 2.33. The molecule has 0 amide bonds. The third-order valence-corrected chi connectivity index (χ3v) is 3.87. The summed E-state index contributed by atoms with van der Waals surface area (Å²) in [5.74, 6) is -1.54. The lowest BCUT2D eigenvalue weighted by atomic mass is 9.89. The second-order valence-corrected chi connectivity index (χ2v) is 5.35. The van der Waals surface area contributed by atoms with Gasteiger partial charge in [0.25, 0.3) is 0 Å². The molecule has 0 bridgehead atoms. The summed E-state index contributed by atoms with van der Waals surface area (Å²) in [6.07, 6.45) is 5.47. The molecule has 2 heteroatoms. The molecule has 0 saturated carbocycles. The molecule has 0 nitrogen and oxygen atoms in total. The van der Waals surface area contributed by atoms with Gasteiger partial charge in [-0.1, -0.05) is 54.1 Å². The van der Waals surface area contributed by atoms with Gasteiger partial charge in [0, 0.05) is 5.56 Å². The van der Waals surface area contributed by atoms with Gasteiger partial charge in [0.05, 0.1) is 0 Å². The molecule has 2 aromatic carbocycles. The number of hydrogen-bond donors (Lipinski definition) is 0. The number of allylic oxidation sites excluding steroid dienone is 4. The van der Waals surface area contributed by atoms with Gasteiger partial charge in [0.15, 0.2) is 11.6 Å². The van der Waals surface area contributed by atoms with Gasteiger partial charge in [-0.25, -0.2) is 8.78 Å². The summed E-state index contributed by atoms with van der Waals surface area (Å²) in [7, 11) is 0. The Balaban J connectivity index is 1.92. The molecule has 0 saturated heterocycles. The van der Waals surface area contributed by atoms with Crippen molar-refractivity contribution in [1.29, 1.82) is 0 Å². The van der Waals surface area contributed by atoms with Gasteiger partial charge in [-0.2, -0.15) is 0 Å². The molecular weight excluding hydrogens is 266 g/mol. The van der Waals surface area contributed by atoms with Gasteiger partial charge in [-0.15, -0.1) is 0 Å². The minimum Gasteiger partial charge on any atom is -0.204 e. The van der Waals surface area contributed by atoms with Crippen LogP contribution in [0.2, 0.25) is 0 Å². The maximum Gasteiger partial charge on any atom is 0.166 e. The van der Waals surface area contributed by atoms with Crippen LogP contribution in [-0.4, -0.2) is 0 Å². The molecule has 0 unspecified atom stereocenters. The predicted molar refractivity (Wildman–Crippen MR) is 82.7 cm³/mol. The summed E-state index contributed by atoms with van der Waals surface area (Å²) in [4.78, 5) is 0. The van der Waals surface area contributed by atoms with E-state index in [9.17, 15) is 8.78 Å². The number of aryl methyl sites for hydroxylation is 1. The molecule has 3 rings (SSSR count). The maximum absolute atomic E-state index is 13.8. The van der Waals surface area contributed by atoms with Gasteiger partial charge in [0.1, 0.15) is 0 Å². The van der Waals surface area contributed by atoms with Crippen LogP contribution in [0.25, 0.3) is 11.1 Å². The Morgan fingerprint density at radius 1 is 0.810 bits per heavy atom. The smallest absolute Gasteiger partial charge is 0.166 e. The minimum atomic E-state index is -0.790. The molecular formula is C19H16F2. The van der Waals surface area contributed by atoms with Gasteiger partial charge >= 0.3 is 0 Å². The van der Waals surface area contributed by atoms with E-state index in [1.165, 1.54) is 16.7 Å². The number of benzene rings is 2. The van der Waals surface area contributed by atoms with Crippen molar-refractivity contribution in [1.82, 2.24) is 0 Å². The predicted octanol–water partition coefficient (Wildman–Crippen LogP) is 5.53. The summed E-state index contributed by atoms with van der Waals surface area (Å²) in [5, 5.41) is 0. The van der Waals surface area contributed by atoms with Crippen LogP contribution in [0, 0.1) is 18.6 Å². The van der Waals surface area contributed by atoms with E-state index >= 15 is 0 Å². The van der Waals surface area contributed by atoms with Gasteiger partial charge in [0.2, 0.25) is 0 Å². The van der Waals surface area contributed by atoms with E-state index < -0.39 is 11.6 Å². The zero-order valence-electron chi connectivity index (χ0n) is 11.9. The van der Waals surface area contributed by atoms with Crippen LogP contribution >= 0.6 is 0 Å². The zero-order chi connectivity index (χ0) is 14.8. The SMILES string of the molecule is Cc1ccc(C2=CC=C(c3cccc(F)c3F)CC2)cc1. The first kappa shape index (κ1) is 13.7. The van der Waals surface area contributed by atoms with E-state index in [0.29, 0.717) is 5.56 Å². The molecule has 0 atom stereocenters. The van der Waals surface area contributed by atoms with Crippen molar-refractivity contribution in [3.63, 3.8) is 0 Å². The zero-order valence-corrected chi connectivity index (χ0v) is 11.9. The summed E-state index contributed by atoms with van der Waals surface area (Å²) < 4.78 is 27.1. The number of halogens is 2. The second kappa shape index (κ2) is 5.65. The molecule has 21 heavy (non-hydrogen) atoms. The average molecular weight is 282 g/mol. The van der Waals surface area contributed by atoms with E-state index in [2.05, 4.69) is 31.2 Å². The van der Waals surface area contributed by atoms with E-state index in [4.69, 9.17) is 0 Å².